The van der Waals surface area contributed by atoms with Gasteiger partial charge in [-0.05, 0) is 40.1 Å². The summed E-state index contributed by atoms with van der Waals surface area (Å²) in [4.78, 5) is 11.7. The number of carbonyl (C=O) groups is 1. The molecule has 0 amide bonds. The molecule has 2 aromatic rings. The van der Waals surface area contributed by atoms with Crippen LogP contribution in [0.25, 0.3) is 0 Å². The largest absolute Gasteiger partial charge is 0.299 e. The molecule has 1 aromatic carbocycles. The highest BCUT2D eigenvalue weighted by Gasteiger charge is 2.08. The van der Waals surface area contributed by atoms with Gasteiger partial charge in [0.05, 0.1) is 0 Å². The molecule has 0 aliphatic heterocycles. The van der Waals surface area contributed by atoms with E-state index in [4.69, 9.17) is 0 Å². The molecule has 0 fully saturated rings. The maximum atomic E-state index is 12.9. The number of benzene rings is 1. The third-order valence-corrected chi connectivity index (χ3v) is 3.10. The van der Waals surface area contributed by atoms with Crippen LogP contribution in [-0.4, -0.2) is 5.78 Å². The SMILES string of the molecule is O=C(Cc1ccsc1)Cc1ccc(F)c(F)c1. The Balaban J connectivity index is 2.00. The molecule has 4 heteroatoms. The summed E-state index contributed by atoms with van der Waals surface area (Å²) in [7, 11) is 0. The van der Waals surface area contributed by atoms with Crippen molar-refractivity contribution in [1.82, 2.24) is 0 Å². The van der Waals surface area contributed by atoms with Gasteiger partial charge < -0.3 is 0 Å². The number of hydrogen-bond donors (Lipinski definition) is 0. The third kappa shape index (κ3) is 3.20. The van der Waals surface area contributed by atoms with E-state index in [2.05, 4.69) is 0 Å². The van der Waals surface area contributed by atoms with Crippen molar-refractivity contribution < 1.29 is 13.6 Å². The standard InChI is InChI=1S/C13H10F2OS/c14-12-2-1-9(7-13(12)15)5-11(16)6-10-3-4-17-8-10/h1-4,7-8H,5-6H2. The van der Waals surface area contributed by atoms with Crippen molar-refractivity contribution in [1.29, 1.82) is 0 Å². The van der Waals surface area contributed by atoms with Gasteiger partial charge in [0, 0.05) is 12.8 Å². The molecule has 0 atom stereocenters. The molecule has 0 unspecified atom stereocenters. The van der Waals surface area contributed by atoms with Crippen molar-refractivity contribution in [3.05, 3.63) is 57.8 Å². The lowest BCUT2D eigenvalue weighted by molar-refractivity contribution is -0.117. The van der Waals surface area contributed by atoms with E-state index in [0.717, 1.165) is 17.7 Å². The minimum atomic E-state index is -0.911. The fourth-order valence-corrected chi connectivity index (χ4v) is 2.23. The summed E-state index contributed by atoms with van der Waals surface area (Å²) >= 11 is 1.53. The summed E-state index contributed by atoms with van der Waals surface area (Å²) in [6.07, 6.45) is 0.468. The van der Waals surface area contributed by atoms with Crippen LogP contribution in [0, 0.1) is 11.6 Å². The summed E-state index contributed by atoms with van der Waals surface area (Å²) in [6, 6.07) is 5.43. The molecular formula is C13H10F2OS. The maximum absolute atomic E-state index is 12.9. The topological polar surface area (TPSA) is 17.1 Å². The molecule has 1 heterocycles. The highest BCUT2D eigenvalue weighted by Crippen LogP contribution is 2.12. The molecule has 2 rings (SSSR count). The van der Waals surface area contributed by atoms with Gasteiger partial charge in [0.1, 0.15) is 5.78 Å². The Morgan fingerprint density at radius 1 is 1.06 bits per heavy atom. The second kappa shape index (κ2) is 5.19. The van der Waals surface area contributed by atoms with Gasteiger partial charge in [-0.1, -0.05) is 6.07 Å². The van der Waals surface area contributed by atoms with E-state index in [9.17, 15) is 13.6 Å². The molecule has 0 bridgehead atoms. The number of rotatable bonds is 4. The predicted molar refractivity (Wildman–Crippen MR) is 63.1 cm³/mol. The van der Waals surface area contributed by atoms with Crippen LogP contribution in [0.2, 0.25) is 0 Å². The van der Waals surface area contributed by atoms with Crippen LogP contribution in [-0.2, 0) is 17.6 Å². The van der Waals surface area contributed by atoms with Crippen LogP contribution >= 0.6 is 11.3 Å². The monoisotopic (exact) mass is 252 g/mol. The van der Waals surface area contributed by atoms with Crippen molar-refractivity contribution in [2.45, 2.75) is 12.8 Å². The summed E-state index contributed by atoms with van der Waals surface area (Å²) in [5.74, 6) is -1.81. The minimum absolute atomic E-state index is 0.00518. The second-order valence-corrected chi connectivity index (χ2v) is 4.55. The van der Waals surface area contributed by atoms with Crippen molar-refractivity contribution in [2.24, 2.45) is 0 Å². The van der Waals surface area contributed by atoms with E-state index < -0.39 is 11.6 Å². The van der Waals surface area contributed by atoms with Crippen LogP contribution in [0.1, 0.15) is 11.1 Å². The first kappa shape index (κ1) is 11.9. The maximum Gasteiger partial charge on any atom is 0.159 e. The van der Waals surface area contributed by atoms with Gasteiger partial charge in [0.15, 0.2) is 11.6 Å². The van der Waals surface area contributed by atoms with E-state index >= 15 is 0 Å². The highest BCUT2D eigenvalue weighted by molar-refractivity contribution is 7.07. The molecular weight excluding hydrogens is 242 g/mol. The first-order valence-corrected chi connectivity index (χ1v) is 6.06. The van der Waals surface area contributed by atoms with Gasteiger partial charge in [-0.3, -0.25) is 4.79 Å². The summed E-state index contributed by atoms with van der Waals surface area (Å²) in [5, 5.41) is 3.81. The number of hydrogen-bond acceptors (Lipinski definition) is 2. The smallest absolute Gasteiger partial charge is 0.159 e. The Labute approximate surface area is 102 Å². The first-order valence-electron chi connectivity index (χ1n) is 5.12. The molecule has 17 heavy (non-hydrogen) atoms. The predicted octanol–water partition coefficient (Wildman–Crippen LogP) is 3.38. The molecule has 0 aliphatic rings. The van der Waals surface area contributed by atoms with Crippen molar-refractivity contribution in [2.75, 3.05) is 0 Å². The van der Waals surface area contributed by atoms with Crippen LogP contribution < -0.4 is 0 Å². The van der Waals surface area contributed by atoms with Crippen molar-refractivity contribution in [3.63, 3.8) is 0 Å². The average molecular weight is 252 g/mol. The Bertz CT molecular complexity index is 520. The van der Waals surface area contributed by atoms with E-state index in [1.165, 1.54) is 17.4 Å². The van der Waals surface area contributed by atoms with E-state index in [-0.39, 0.29) is 12.2 Å². The number of ketones is 1. The Kier molecular flexibility index (Phi) is 3.64. The number of Topliss-reactive ketones (excluding diaryl/α,β-unsaturated/α-hetero) is 1. The van der Waals surface area contributed by atoms with Gasteiger partial charge in [-0.2, -0.15) is 11.3 Å². The van der Waals surface area contributed by atoms with Gasteiger partial charge in [-0.25, -0.2) is 8.78 Å². The normalized spacial score (nSPS) is 10.5. The van der Waals surface area contributed by atoms with Gasteiger partial charge in [-0.15, -0.1) is 0 Å². The number of halogens is 2. The van der Waals surface area contributed by atoms with E-state index in [1.807, 2.05) is 16.8 Å². The molecule has 88 valence electrons. The van der Waals surface area contributed by atoms with E-state index in [1.54, 1.807) is 0 Å². The van der Waals surface area contributed by atoms with E-state index in [0.29, 0.717) is 12.0 Å². The van der Waals surface area contributed by atoms with Crippen LogP contribution in [0.15, 0.2) is 35.0 Å². The van der Waals surface area contributed by atoms with Gasteiger partial charge in [0.2, 0.25) is 0 Å². The molecule has 0 saturated heterocycles. The van der Waals surface area contributed by atoms with Crippen molar-refractivity contribution in [3.8, 4) is 0 Å². The summed E-state index contributed by atoms with van der Waals surface area (Å²) in [5.41, 5.74) is 1.46. The average Bonchev–Trinajstić information content (AvgIpc) is 2.76. The lowest BCUT2D eigenvalue weighted by Crippen LogP contribution is -2.06. The molecule has 0 saturated carbocycles. The molecule has 0 N–H and O–H groups in total. The lowest BCUT2D eigenvalue weighted by Gasteiger charge is -2.01. The molecule has 1 nitrogen and oxygen atoms in total. The zero-order chi connectivity index (χ0) is 12.3. The number of carbonyl (C=O) groups excluding carboxylic acids is 1. The highest BCUT2D eigenvalue weighted by atomic mass is 32.1. The summed E-state index contributed by atoms with van der Waals surface area (Å²) in [6.45, 7) is 0. The van der Waals surface area contributed by atoms with Crippen LogP contribution in [0.4, 0.5) is 8.78 Å². The summed E-state index contributed by atoms with van der Waals surface area (Å²) < 4.78 is 25.6. The zero-order valence-electron chi connectivity index (χ0n) is 8.95. The Hall–Kier alpha value is -1.55. The molecule has 0 radical (unpaired) electrons. The lowest BCUT2D eigenvalue weighted by atomic mass is 10.0. The molecule has 0 spiro atoms. The first-order chi connectivity index (χ1) is 8.15. The number of thiophene rings is 1. The third-order valence-electron chi connectivity index (χ3n) is 2.37. The Morgan fingerprint density at radius 3 is 2.47 bits per heavy atom. The quantitative estimate of drug-likeness (QED) is 0.815. The molecule has 1 aromatic heterocycles. The van der Waals surface area contributed by atoms with Crippen LogP contribution in [0.3, 0.4) is 0 Å². The fourth-order valence-electron chi connectivity index (χ4n) is 1.56. The second-order valence-electron chi connectivity index (χ2n) is 3.77. The van der Waals surface area contributed by atoms with Crippen molar-refractivity contribution >= 4 is 17.1 Å². The van der Waals surface area contributed by atoms with Gasteiger partial charge in [0.25, 0.3) is 0 Å². The fraction of sp³-hybridized carbons (Fsp3) is 0.154. The molecule has 0 aliphatic carbocycles. The minimum Gasteiger partial charge on any atom is -0.299 e. The van der Waals surface area contributed by atoms with Gasteiger partial charge >= 0.3 is 0 Å². The zero-order valence-corrected chi connectivity index (χ0v) is 9.77. The Morgan fingerprint density at radius 2 is 1.82 bits per heavy atom. The van der Waals surface area contributed by atoms with Crippen LogP contribution in [0.5, 0.6) is 0 Å².